The molecule has 1 aromatic rings. The fraction of sp³-hybridized carbons (Fsp3) is 0.308. The minimum absolute atomic E-state index is 0.0832. The zero-order valence-electron chi connectivity index (χ0n) is 11.0. The Morgan fingerprint density at radius 1 is 1.45 bits per heavy atom. The number of nitrogens with two attached hydrogens (primary N) is 1. The third kappa shape index (κ3) is 4.17. The number of carbonyl (C=O) groups is 2. The van der Waals surface area contributed by atoms with Crippen molar-refractivity contribution in [3.8, 4) is 11.8 Å². The zero-order valence-corrected chi connectivity index (χ0v) is 11.0. The lowest BCUT2D eigenvalue weighted by molar-refractivity contribution is -0.124. The van der Waals surface area contributed by atoms with Gasteiger partial charge in [0.05, 0.1) is 19.6 Å². The van der Waals surface area contributed by atoms with Crippen LogP contribution < -0.4 is 15.8 Å². The number of hydrogen-bond donors (Lipinski definition) is 2. The number of nitrogens with zero attached hydrogens (tertiary/aromatic N) is 1. The van der Waals surface area contributed by atoms with Gasteiger partial charge in [-0.3, -0.25) is 4.79 Å². The summed E-state index contributed by atoms with van der Waals surface area (Å²) in [5, 5.41) is 10.8. The van der Waals surface area contributed by atoms with Crippen LogP contribution in [-0.2, 0) is 9.53 Å². The molecule has 0 aromatic heterocycles. The van der Waals surface area contributed by atoms with Crippen LogP contribution in [0.1, 0.15) is 16.8 Å². The number of esters is 1. The van der Waals surface area contributed by atoms with Crippen LogP contribution >= 0.6 is 0 Å². The van der Waals surface area contributed by atoms with Crippen molar-refractivity contribution in [3.63, 3.8) is 0 Å². The Labute approximate surface area is 116 Å². The molecule has 0 saturated heterocycles. The van der Waals surface area contributed by atoms with Crippen molar-refractivity contribution < 1.29 is 19.1 Å². The summed E-state index contributed by atoms with van der Waals surface area (Å²) in [4.78, 5) is 23.2. The molecule has 0 bridgehead atoms. The van der Waals surface area contributed by atoms with Gasteiger partial charge < -0.3 is 20.5 Å². The summed E-state index contributed by atoms with van der Waals surface area (Å²) in [7, 11) is 1.40. The number of amides is 1. The van der Waals surface area contributed by atoms with Gasteiger partial charge in [0.15, 0.2) is 6.61 Å². The van der Waals surface area contributed by atoms with Crippen LogP contribution in [0.15, 0.2) is 18.2 Å². The summed E-state index contributed by atoms with van der Waals surface area (Å²) in [6, 6.07) is 6.62. The van der Waals surface area contributed by atoms with E-state index in [2.05, 4.69) is 5.32 Å². The van der Waals surface area contributed by atoms with Gasteiger partial charge in [0, 0.05) is 12.2 Å². The third-order valence-corrected chi connectivity index (χ3v) is 2.38. The number of methoxy groups -OCH3 is 1. The molecule has 1 amide bonds. The molecule has 0 atom stereocenters. The van der Waals surface area contributed by atoms with E-state index < -0.39 is 18.5 Å². The highest BCUT2D eigenvalue weighted by Crippen LogP contribution is 2.24. The predicted octanol–water partition coefficient (Wildman–Crippen LogP) is 0.464. The quantitative estimate of drug-likeness (QED) is 0.443. The molecule has 1 aromatic carbocycles. The van der Waals surface area contributed by atoms with Crippen molar-refractivity contribution in [2.75, 3.05) is 26.0 Å². The molecule has 0 heterocycles. The van der Waals surface area contributed by atoms with Crippen LogP contribution in [0.5, 0.6) is 5.75 Å². The molecular formula is C13H15N3O4. The summed E-state index contributed by atoms with van der Waals surface area (Å²) < 4.78 is 9.87. The van der Waals surface area contributed by atoms with Crippen LogP contribution in [0.4, 0.5) is 5.69 Å². The second-order valence-corrected chi connectivity index (χ2v) is 3.76. The molecule has 0 spiro atoms. The van der Waals surface area contributed by atoms with Crippen molar-refractivity contribution >= 4 is 17.6 Å². The van der Waals surface area contributed by atoms with Gasteiger partial charge in [-0.1, -0.05) is 6.07 Å². The van der Waals surface area contributed by atoms with E-state index in [0.29, 0.717) is 0 Å². The summed E-state index contributed by atoms with van der Waals surface area (Å²) in [6.07, 6.45) is 0.194. The topological polar surface area (TPSA) is 114 Å². The van der Waals surface area contributed by atoms with E-state index in [1.54, 1.807) is 12.1 Å². The van der Waals surface area contributed by atoms with Gasteiger partial charge in [0.1, 0.15) is 11.3 Å². The molecule has 3 N–H and O–H groups in total. The highest BCUT2D eigenvalue weighted by Gasteiger charge is 2.18. The lowest BCUT2D eigenvalue weighted by Crippen LogP contribution is -2.29. The van der Waals surface area contributed by atoms with E-state index in [0.717, 1.165) is 0 Å². The standard InChI is InChI=1S/C13H15N3O4/c1-19-10-5-2-4-9(15)12(10)13(18)20-8-11(17)16-7-3-6-14/h2,4-5H,3,7-8,15H2,1H3,(H,16,17). The highest BCUT2D eigenvalue weighted by molar-refractivity contribution is 5.99. The van der Waals surface area contributed by atoms with Crippen LogP contribution in [-0.4, -0.2) is 32.1 Å². The number of ether oxygens (including phenoxy) is 2. The first-order valence-electron chi connectivity index (χ1n) is 5.83. The fourth-order valence-corrected chi connectivity index (χ4v) is 1.45. The van der Waals surface area contributed by atoms with E-state index in [4.69, 9.17) is 20.5 Å². The Bertz CT molecular complexity index is 537. The maximum absolute atomic E-state index is 11.9. The zero-order chi connectivity index (χ0) is 15.0. The number of nitrogen functional groups attached to an aromatic ring is 1. The Kier molecular flexibility index (Phi) is 5.84. The second kappa shape index (κ2) is 7.63. The molecule has 0 aliphatic rings. The first-order chi connectivity index (χ1) is 9.60. The Balaban J connectivity index is 2.60. The largest absolute Gasteiger partial charge is 0.496 e. The van der Waals surface area contributed by atoms with Crippen LogP contribution in [0.3, 0.4) is 0 Å². The first-order valence-corrected chi connectivity index (χ1v) is 5.83. The first kappa shape index (κ1) is 15.3. The van der Waals surface area contributed by atoms with Crippen LogP contribution in [0, 0.1) is 11.3 Å². The van der Waals surface area contributed by atoms with Crippen LogP contribution in [0.25, 0.3) is 0 Å². The van der Waals surface area contributed by atoms with Gasteiger partial charge in [0.25, 0.3) is 5.91 Å². The Hall–Kier alpha value is -2.75. The molecule has 0 radical (unpaired) electrons. The molecule has 20 heavy (non-hydrogen) atoms. The number of rotatable bonds is 6. The molecule has 1 rings (SSSR count). The molecule has 7 nitrogen and oxygen atoms in total. The smallest absolute Gasteiger partial charge is 0.344 e. The highest BCUT2D eigenvalue weighted by atomic mass is 16.5. The monoisotopic (exact) mass is 277 g/mol. The molecule has 106 valence electrons. The maximum atomic E-state index is 11.9. The third-order valence-electron chi connectivity index (χ3n) is 2.38. The Morgan fingerprint density at radius 2 is 2.20 bits per heavy atom. The normalized spacial score (nSPS) is 9.40. The lowest BCUT2D eigenvalue weighted by atomic mass is 10.1. The molecular weight excluding hydrogens is 262 g/mol. The average molecular weight is 277 g/mol. The number of hydrogen-bond acceptors (Lipinski definition) is 6. The number of benzene rings is 1. The lowest BCUT2D eigenvalue weighted by Gasteiger charge is -2.10. The Morgan fingerprint density at radius 3 is 2.85 bits per heavy atom. The van der Waals surface area contributed by atoms with E-state index >= 15 is 0 Å². The van der Waals surface area contributed by atoms with Crippen molar-refractivity contribution in [2.24, 2.45) is 0 Å². The molecule has 0 fully saturated rings. The van der Waals surface area contributed by atoms with Gasteiger partial charge in [-0.05, 0) is 12.1 Å². The van der Waals surface area contributed by atoms with Gasteiger partial charge in [-0.15, -0.1) is 0 Å². The van der Waals surface area contributed by atoms with Crippen molar-refractivity contribution in [1.82, 2.24) is 5.32 Å². The fourth-order valence-electron chi connectivity index (χ4n) is 1.45. The number of nitrogens with one attached hydrogen (secondary N) is 1. The second-order valence-electron chi connectivity index (χ2n) is 3.76. The number of nitriles is 1. The molecule has 0 saturated carbocycles. The molecule has 0 aliphatic carbocycles. The SMILES string of the molecule is COc1cccc(N)c1C(=O)OCC(=O)NCCC#N. The maximum Gasteiger partial charge on any atom is 0.344 e. The number of anilines is 1. The molecule has 0 aliphatic heterocycles. The average Bonchev–Trinajstić information content (AvgIpc) is 2.44. The summed E-state index contributed by atoms with van der Waals surface area (Å²) in [5.41, 5.74) is 5.98. The van der Waals surface area contributed by atoms with E-state index in [-0.39, 0.29) is 30.0 Å². The predicted molar refractivity (Wildman–Crippen MR) is 70.9 cm³/mol. The van der Waals surface area contributed by atoms with Crippen molar-refractivity contribution in [3.05, 3.63) is 23.8 Å². The molecule has 7 heteroatoms. The van der Waals surface area contributed by atoms with E-state index in [1.165, 1.54) is 13.2 Å². The summed E-state index contributed by atoms with van der Waals surface area (Å²) in [6.45, 7) is -0.231. The van der Waals surface area contributed by atoms with Crippen molar-refractivity contribution in [1.29, 1.82) is 5.26 Å². The minimum atomic E-state index is -0.740. The van der Waals surface area contributed by atoms with E-state index in [1.807, 2.05) is 6.07 Å². The number of carbonyl (C=O) groups excluding carboxylic acids is 2. The minimum Gasteiger partial charge on any atom is -0.496 e. The summed E-state index contributed by atoms with van der Waals surface area (Å²) >= 11 is 0. The van der Waals surface area contributed by atoms with Gasteiger partial charge in [-0.25, -0.2) is 4.79 Å². The van der Waals surface area contributed by atoms with Crippen LogP contribution in [0.2, 0.25) is 0 Å². The summed E-state index contributed by atoms with van der Waals surface area (Å²) in [5.74, 6) is -0.947. The van der Waals surface area contributed by atoms with Crippen molar-refractivity contribution in [2.45, 2.75) is 6.42 Å². The van der Waals surface area contributed by atoms with Gasteiger partial charge in [-0.2, -0.15) is 5.26 Å². The van der Waals surface area contributed by atoms with E-state index in [9.17, 15) is 9.59 Å². The van der Waals surface area contributed by atoms with Gasteiger partial charge in [0.2, 0.25) is 0 Å². The van der Waals surface area contributed by atoms with Gasteiger partial charge >= 0.3 is 5.97 Å². The molecule has 0 unspecified atom stereocenters.